The van der Waals surface area contributed by atoms with Crippen molar-refractivity contribution in [2.24, 2.45) is 10.7 Å². The van der Waals surface area contributed by atoms with E-state index in [1.165, 1.54) is 25.1 Å². The molecule has 8 nitrogen and oxygen atoms in total. The van der Waals surface area contributed by atoms with Crippen LogP contribution in [0.4, 0.5) is 0 Å². The van der Waals surface area contributed by atoms with Gasteiger partial charge in [0.25, 0.3) is 10.1 Å². The van der Waals surface area contributed by atoms with Crippen LogP contribution in [0.3, 0.4) is 0 Å². The van der Waals surface area contributed by atoms with Crippen LogP contribution < -0.4 is 15.8 Å². The Morgan fingerprint density at radius 3 is 2.74 bits per heavy atom. The minimum Gasteiger partial charge on any atom is -0.485 e. The molecule has 1 amide bonds. The minimum atomic E-state index is -4.29. The molecule has 1 aromatic carbocycles. The molecule has 1 heterocycles. The van der Waals surface area contributed by atoms with Gasteiger partial charge in [0, 0.05) is 17.7 Å². The Bertz CT molecular complexity index is 720. The van der Waals surface area contributed by atoms with E-state index < -0.39 is 21.3 Å². The number of halogens is 1. The Morgan fingerprint density at radius 1 is 1.52 bits per heavy atom. The van der Waals surface area contributed by atoms with Crippen LogP contribution in [0.15, 0.2) is 23.2 Å². The lowest BCUT2D eigenvalue weighted by molar-refractivity contribution is 0.1000. The molecule has 0 saturated carbocycles. The third-order valence-electron chi connectivity index (χ3n) is 3.29. The van der Waals surface area contributed by atoms with Crippen molar-refractivity contribution < 1.29 is 22.5 Å². The first kappa shape index (κ1) is 19.2. The highest BCUT2D eigenvalue weighted by Crippen LogP contribution is 2.31. The number of carbonyl (C=O) groups excluding carboxylic acids is 1. The molecular formula is C13H18ClN3O5S. The van der Waals surface area contributed by atoms with E-state index in [-0.39, 0.29) is 35.9 Å². The van der Waals surface area contributed by atoms with E-state index in [0.29, 0.717) is 18.9 Å². The molecule has 0 radical (unpaired) electrons. The molecule has 23 heavy (non-hydrogen) atoms. The monoisotopic (exact) mass is 363 g/mol. The van der Waals surface area contributed by atoms with E-state index in [4.69, 9.17) is 10.5 Å². The van der Waals surface area contributed by atoms with Crippen LogP contribution in [0, 0.1) is 0 Å². The Labute approximate surface area is 140 Å². The number of hydrogen-bond donors (Lipinski definition) is 3. The molecule has 0 saturated heterocycles. The van der Waals surface area contributed by atoms with Crippen molar-refractivity contribution in [2.45, 2.75) is 12.2 Å². The van der Waals surface area contributed by atoms with Gasteiger partial charge in [-0.3, -0.25) is 14.3 Å². The molecule has 1 atom stereocenters. The van der Waals surface area contributed by atoms with Crippen molar-refractivity contribution in [3.63, 3.8) is 0 Å². The molecule has 1 aromatic rings. The number of primary amides is 1. The molecule has 0 fully saturated rings. The Balaban J connectivity index is 0.00000264. The van der Waals surface area contributed by atoms with Crippen LogP contribution in [-0.2, 0) is 10.1 Å². The fraction of sp³-hybridized carbons (Fsp3) is 0.385. The van der Waals surface area contributed by atoms with E-state index in [1.54, 1.807) is 0 Å². The van der Waals surface area contributed by atoms with Crippen molar-refractivity contribution in [2.75, 3.05) is 19.7 Å². The summed E-state index contributed by atoms with van der Waals surface area (Å²) in [6.45, 7) is 2.79. The van der Waals surface area contributed by atoms with Gasteiger partial charge in [0.1, 0.15) is 23.4 Å². The van der Waals surface area contributed by atoms with Gasteiger partial charge in [-0.15, -0.1) is 12.4 Å². The molecule has 1 aliphatic rings. The largest absolute Gasteiger partial charge is 0.485 e. The molecule has 10 heteroatoms. The fourth-order valence-electron chi connectivity index (χ4n) is 2.00. The van der Waals surface area contributed by atoms with Crippen molar-refractivity contribution in [3.05, 3.63) is 29.3 Å². The summed E-state index contributed by atoms with van der Waals surface area (Å²) in [5, 5.41) is 1.82. The number of ether oxygens (including phenoxy) is 1. The van der Waals surface area contributed by atoms with Crippen molar-refractivity contribution in [3.8, 4) is 5.75 Å². The maximum Gasteiger partial charge on any atom is 0.271 e. The maximum absolute atomic E-state index is 11.3. The second kappa shape index (κ2) is 7.62. The highest BCUT2D eigenvalue weighted by molar-refractivity contribution is 7.86. The third kappa shape index (κ3) is 4.81. The van der Waals surface area contributed by atoms with Crippen molar-refractivity contribution >= 4 is 34.3 Å². The van der Waals surface area contributed by atoms with Crippen LogP contribution >= 0.6 is 12.4 Å². The third-order valence-corrected chi connectivity index (χ3v) is 4.44. The first-order valence-corrected chi connectivity index (χ1v) is 8.09. The van der Waals surface area contributed by atoms with Crippen molar-refractivity contribution in [1.82, 2.24) is 5.32 Å². The van der Waals surface area contributed by atoms with E-state index in [2.05, 4.69) is 10.3 Å². The SMILES string of the molecule is CC(c1ccc(C(N)=O)cc1OCC1=NCCN1)S(=O)(=O)O.Cl. The fourth-order valence-corrected chi connectivity index (χ4v) is 2.51. The van der Waals surface area contributed by atoms with Gasteiger partial charge < -0.3 is 15.8 Å². The van der Waals surface area contributed by atoms with E-state index >= 15 is 0 Å². The molecule has 0 bridgehead atoms. The second-order valence-electron chi connectivity index (χ2n) is 4.82. The maximum atomic E-state index is 11.3. The van der Waals surface area contributed by atoms with E-state index in [9.17, 15) is 17.8 Å². The summed E-state index contributed by atoms with van der Waals surface area (Å²) in [4.78, 5) is 15.4. The van der Waals surface area contributed by atoms with Gasteiger partial charge in [-0.25, -0.2) is 0 Å². The molecule has 4 N–H and O–H groups in total. The van der Waals surface area contributed by atoms with Gasteiger partial charge in [-0.1, -0.05) is 6.07 Å². The van der Waals surface area contributed by atoms with Crippen LogP contribution in [-0.4, -0.2) is 44.4 Å². The normalized spacial score (nSPS) is 15.1. The lowest BCUT2D eigenvalue weighted by Gasteiger charge is -2.16. The van der Waals surface area contributed by atoms with Crippen LogP contribution in [0.5, 0.6) is 5.75 Å². The molecule has 1 unspecified atom stereocenters. The topological polar surface area (TPSA) is 131 Å². The summed E-state index contributed by atoms with van der Waals surface area (Å²) in [6, 6.07) is 4.14. The van der Waals surface area contributed by atoms with E-state index in [0.717, 1.165) is 0 Å². The number of amidine groups is 1. The highest BCUT2D eigenvalue weighted by atomic mass is 35.5. The summed E-state index contributed by atoms with van der Waals surface area (Å²) in [5.74, 6) is 0.139. The predicted octanol–water partition coefficient (Wildman–Crippen LogP) is 0.537. The van der Waals surface area contributed by atoms with Crippen LogP contribution in [0.25, 0.3) is 0 Å². The van der Waals surface area contributed by atoms with Gasteiger partial charge in [0.05, 0.1) is 6.54 Å². The molecule has 0 spiro atoms. The first-order chi connectivity index (χ1) is 10.3. The number of nitrogens with two attached hydrogens (primary N) is 1. The lowest BCUT2D eigenvalue weighted by Crippen LogP contribution is -2.25. The molecular weight excluding hydrogens is 346 g/mol. The minimum absolute atomic E-state index is 0. The smallest absolute Gasteiger partial charge is 0.271 e. The summed E-state index contributed by atoms with van der Waals surface area (Å²) >= 11 is 0. The second-order valence-corrected chi connectivity index (χ2v) is 6.55. The average molecular weight is 364 g/mol. The molecule has 2 rings (SSSR count). The standard InChI is InChI=1S/C13H17N3O5S.ClH/c1-8(22(18,19)20)10-3-2-9(13(14)17)6-11(10)21-7-12-15-4-5-16-12;/h2-3,6,8H,4-5,7H2,1H3,(H2,14,17)(H,15,16)(H,18,19,20);1H. The summed E-state index contributed by atoms with van der Waals surface area (Å²) in [6.07, 6.45) is 0. The quantitative estimate of drug-likeness (QED) is 0.632. The van der Waals surface area contributed by atoms with Crippen LogP contribution in [0.2, 0.25) is 0 Å². The van der Waals surface area contributed by atoms with Gasteiger partial charge in [0.2, 0.25) is 5.91 Å². The molecule has 1 aliphatic heterocycles. The van der Waals surface area contributed by atoms with Gasteiger partial charge in [-0.2, -0.15) is 8.42 Å². The number of carbonyl (C=O) groups is 1. The molecule has 0 aromatic heterocycles. The number of amides is 1. The Morgan fingerprint density at radius 2 is 2.22 bits per heavy atom. The predicted molar refractivity (Wildman–Crippen MR) is 88.0 cm³/mol. The summed E-state index contributed by atoms with van der Waals surface area (Å²) in [7, 11) is -4.29. The zero-order chi connectivity index (χ0) is 16.3. The number of aliphatic imine (C=N–C) groups is 1. The molecule has 0 aliphatic carbocycles. The van der Waals surface area contributed by atoms with Gasteiger partial charge >= 0.3 is 0 Å². The number of nitrogens with zero attached hydrogens (tertiary/aromatic N) is 1. The highest BCUT2D eigenvalue weighted by Gasteiger charge is 2.24. The molecule has 128 valence electrons. The Hall–Kier alpha value is -1.84. The van der Waals surface area contributed by atoms with Crippen LogP contribution in [0.1, 0.15) is 28.1 Å². The average Bonchev–Trinajstić information content (AvgIpc) is 2.96. The number of benzene rings is 1. The lowest BCUT2D eigenvalue weighted by atomic mass is 10.1. The summed E-state index contributed by atoms with van der Waals surface area (Å²) in [5.41, 5.74) is 5.64. The first-order valence-electron chi connectivity index (χ1n) is 6.59. The zero-order valence-corrected chi connectivity index (χ0v) is 14.0. The van der Waals surface area contributed by atoms with Crippen molar-refractivity contribution in [1.29, 1.82) is 0 Å². The Kier molecular flexibility index (Phi) is 6.37. The number of hydrogen-bond acceptors (Lipinski definition) is 6. The van der Waals surface area contributed by atoms with E-state index in [1.807, 2.05) is 0 Å². The zero-order valence-electron chi connectivity index (χ0n) is 12.4. The van der Waals surface area contributed by atoms with Gasteiger partial charge in [-0.05, 0) is 19.1 Å². The summed E-state index contributed by atoms with van der Waals surface area (Å²) < 4.78 is 37.4. The van der Waals surface area contributed by atoms with Gasteiger partial charge in [0.15, 0.2) is 0 Å². The number of rotatable bonds is 6. The number of nitrogens with one attached hydrogen (secondary N) is 1.